The normalized spacial score (nSPS) is 17.9. The van der Waals surface area contributed by atoms with Crippen molar-refractivity contribution in [3.63, 3.8) is 0 Å². The van der Waals surface area contributed by atoms with E-state index in [1.54, 1.807) is 60.7 Å². The molecule has 1 aliphatic heterocycles. The monoisotopic (exact) mass is 403 g/mol. The Balaban J connectivity index is 1.98. The zero-order valence-corrected chi connectivity index (χ0v) is 16.1. The van der Waals surface area contributed by atoms with Gasteiger partial charge in [0, 0.05) is 22.9 Å². The molecular weight excluding hydrogens is 385 g/mol. The summed E-state index contributed by atoms with van der Waals surface area (Å²) in [5, 5.41) is 10.9. The summed E-state index contributed by atoms with van der Waals surface area (Å²) in [6, 6.07) is 19.7. The standard InChI is InChI=1S/C24H18FNO4/c1-30-17-11-7-10-16(14-17)26-21(18-12-5-6-13-19(18)25)20(23(28)24(26)29)22(27)15-8-3-2-4-9-15/h2-14,21,27H,1H3/t21-/m1/s1. The van der Waals surface area contributed by atoms with Gasteiger partial charge in [0.25, 0.3) is 11.7 Å². The Morgan fingerprint density at radius 2 is 1.67 bits per heavy atom. The SMILES string of the molecule is COc1cccc(N2C(=O)C(=O)C(=C(O)c3ccccc3)[C@H]2c2ccccc2F)c1. The van der Waals surface area contributed by atoms with E-state index in [0.717, 1.165) is 0 Å². The first-order valence-electron chi connectivity index (χ1n) is 9.28. The molecule has 5 nitrogen and oxygen atoms in total. The lowest BCUT2D eigenvalue weighted by molar-refractivity contribution is -0.132. The van der Waals surface area contributed by atoms with Crippen molar-refractivity contribution in [3.8, 4) is 5.75 Å². The summed E-state index contributed by atoms with van der Waals surface area (Å²) in [5.41, 5.74) is 0.662. The fraction of sp³-hybridized carbons (Fsp3) is 0.0833. The van der Waals surface area contributed by atoms with Gasteiger partial charge < -0.3 is 9.84 Å². The van der Waals surface area contributed by atoms with Crippen molar-refractivity contribution >= 4 is 23.1 Å². The molecule has 1 amide bonds. The fourth-order valence-corrected chi connectivity index (χ4v) is 3.60. The number of carbonyl (C=O) groups is 2. The number of Topliss-reactive ketones (excluding diaryl/α,β-unsaturated/α-hetero) is 1. The number of aliphatic hydroxyl groups is 1. The second kappa shape index (κ2) is 7.83. The third kappa shape index (κ3) is 3.22. The van der Waals surface area contributed by atoms with Gasteiger partial charge >= 0.3 is 0 Å². The quantitative estimate of drug-likeness (QED) is 0.397. The Kier molecular flexibility index (Phi) is 5.06. The molecule has 0 unspecified atom stereocenters. The molecule has 0 saturated carbocycles. The molecule has 1 aliphatic rings. The van der Waals surface area contributed by atoms with E-state index in [0.29, 0.717) is 17.0 Å². The number of halogens is 1. The predicted molar refractivity (Wildman–Crippen MR) is 111 cm³/mol. The first kappa shape index (κ1) is 19.4. The molecule has 1 heterocycles. The van der Waals surface area contributed by atoms with E-state index in [1.807, 2.05) is 0 Å². The molecule has 3 aromatic rings. The van der Waals surface area contributed by atoms with Gasteiger partial charge in [0.15, 0.2) is 0 Å². The topological polar surface area (TPSA) is 66.8 Å². The van der Waals surface area contributed by atoms with E-state index in [9.17, 15) is 19.1 Å². The minimum Gasteiger partial charge on any atom is -0.507 e. The summed E-state index contributed by atoms with van der Waals surface area (Å²) in [4.78, 5) is 27.2. The van der Waals surface area contributed by atoms with E-state index in [2.05, 4.69) is 0 Å². The average molecular weight is 403 g/mol. The number of aliphatic hydroxyl groups excluding tert-OH is 1. The minimum atomic E-state index is -1.13. The first-order chi connectivity index (χ1) is 14.5. The lowest BCUT2D eigenvalue weighted by atomic mass is 9.94. The lowest BCUT2D eigenvalue weighted by Gasteiger charge is -2.26. The van der Waals surface area contributed by atoms with Crippen molar-refractivity contribution < 1.29 is 23.8 Å². The van der Waals surface area contributed by atoms with Gasteiger partial charge in [-0.2, -0.15) is 0 Å². The number of benzene rings is 3. The summed E-state index contributed by atoms with van der Waals surface area (Å²) in [7, 11) is 1.48. The van der Waals surface area contributed by atoms with Crippen LogP contribution in [0.1, 0.15) is 17.2 Å². The number of nitrogens with zero attached hydrogens (tertiary/aromatic N) is 1. The number of hydrogen-bond acceptors (Lipinski definition) is 4. The van der Waals surface area contributed by atoms with Gasteiger partial charge in [0.1, 0.15) is 17.3 Å². The summed E-state index contributed by atoms with van der Waals surface area (Å²) < 4.78 is 20.0. The third-order valence-electron chi connectivity index (χ3n) is 5.02. The van der Waals surface area contributed by atoms with Gasteiger partial charge in [-0.15, -0.1) is 0 Å². The van der Waals surface area contributed by atoms with E-state index in [-0.39, 0.29) is 16.9 Å². The molecule has 1 fully saturated rings. The van der Waals surface area contributed by atoms with Crippen LogP contribution in [0.3, 0.4) is 0 Å². The number of rotatable bonds is 4. The maximum absolute atomic E-state index is 14.8. The Bertz CT molecular complexity index is 1160. The molecule has 0 spiro atoms. The van der Waals surface area contributed by atoms with Crippen molar-refractivity contribution in [2.45, 2.75) is 6.04 Å². The number of amides is 1. The second-order valence-corrected chi connectivity index (χ2v) is 6.76. The molecule has 150 valence electrons. The van der Waals surface area contributed by atoms with Gasteiger partial charge in [-0.3, -0.25) is 14.5 Å². The van der Waals surface area contributed by atoms with Crippen LogP contribution in [0.25, 0.3) is 5.76 Å². The third-order valence-corrected chi connectivity index (χ3v) is 5.02. The molecule has 4 rings (SSSR count). The van der Waals surface area contributed by atoms with Gasteiger partial charge in [-0.25, -0.2) is 4.39 Å². The molecule has 6 heteroatoms. The highest BCUT2D eigenvalue weighted by atomic mass is 19.1. The molecule has 0 aromatic heterocycles. The average Bonchev–Trinajstić information content (AvgIpc) is 3.04. The maximum atomic E-state index is 14.8. The molecule has 1 N–H and O–H groups in total. The fourth-order valence-electron chi connectivity index (χ4n) is 3.60. The highest BCUT2D eigenvalue weighted by Gasteiger charge is 2.47. The number of carbonyl (C=O) groups excluding carboxylic acids is 2. The van der Waals surface area contributed by atoms with E-state index >= 15 is 0 Å². The number of hydrogen-bond donors (Lipinski definition) is 1. The largest absolute Gasteiger partial charge is 0.507 e. The van der Waals surface area contributed by atoms with Gasteiger partial charge in [-0.1, -0.05) is 54.6 Å². The number of ketones is 1. The van der Waals surface area contributed by atoms with Crippen molar-refractivity contribution in [2.75, 3.05) is 12.0 Å². The van der Waals surface area contributed by atoms with Gasteiger partial charge in [0.2, 0.25) is 0 Å². The van der Waals surface area contributed by atoms with Crippen molar-refractivity contribution in [2.24, 2.45) is 0 Å². The van der Waals surface area contributed by atoms with Crippen LogP contribution in [0.5, 0.6) is 5.75 Å². The lowest BCUT2D eigenvalue weighted by Crippen LogP contribution is -2.29. The zero-order valence-electron chi connectivity index (χ0n) is 16.1. The van der Waals surface area contributed by atoms with Gasteiger partial charge in [0.05, 0.1) is 18.7 Å². The summed E-state index contributed by atoms with van der Waals surface area (Å²) >= 11 is 0. The Morgan fingerprint density at radius 3 is 2.37 bits per heavy atom. The van der Waals surface area contributed by atoms with Crippen LogP contribution in [0.2, 0.25) is 0 Å². The van der Waals surface area contributed by atoms with Crippen molar-refractivity contribution in [1.29, 1.82) is 0 Å². The van der Waals surface area contributed by atoms with E-state index < -0.39 is 23.5 Å². The number of methoxy groups -OCH3 is 1. The minimum absolute atomic E-state index is 0.108. The summed E-state index contributed by atoms with van der Waals surface area (Å²) in [5.74, 6) is -2.20. The molecule has 1 saturated heterocycles. The first-order valence-corrected chi connectivity index (χ1v) is 9.28. The molecule has 30 heavy (non-hydrogen) atoms. The van der Waals surface area contributed by atoms with E-state index in [1.165, 1.54) is 30.2 Å². The van der Waals surface area contributed by atoms with Crippen LogP contribution in [-0.2, 0) is 9.59 Å². The van der Waals surface area contributed by atoms with Crippen LogP contribution < -0.4 is 9.64 Å². The predicted octanol–water partition coefficient (Wildman–Crippen LogP) is 4.46. The van der Waals surface area contributed by atoms with Crippen LogP contribution in [0.15, 0.2) is 84.4 Å². The van der Waals surface area contributed by atoms with Crippen LogP contribution in [0, 0.1) is 5.82 Å². The second-order valence-electron chi connectivity index (χ2n) is 6.76. The molecule has 0 radical (unpaired) electrons. The molecule has 3 aromatic carbocycles. The van der Waals surface area contributed by atoms with E-state index in [4.69, 9.17) is 4.74 Å². The number of ether oxygens (including phenoxy) is 1. The maximum Gasteiger partial charge on any atom is 0.300 e. The van der Waals surface area contributed by atoms with Crippen molar-refractivity contribution in [3.05, 3.63) is 101 Å². The smallest absolute Gasteiger partial charge is 0.300 e. The molecular formula is C24H18FNO4. The summed E-state index contributed by atoms with van der Waals surface area (Å²) in [6.45, 7) is 0. The van der Waals surface area contributed by atoms with Gasteiger partial charge in [-0.05, 0) is 18.2 Å². The van der Waals surface area contributed by atoms with Crippen LogP contribution in [-0.4, -0.2) is 23.9 Å². The van der Waals surface area contributed by atoms with Crippen molar-refractivity contribution in [1.82, 2.24) is 0 Å². The Labute approximate surface area is 172 Å². The zero-order chi connectivity index (χ0) is 21.3. The molecule has 0 aliphatic carbocycles. The summed E-state index contributed by atoms with van der Waals surface area (Å²) in [6.07, 6.45) is 0. The highest BCUT2D eigenvalue weighted by molar-refractivity contribution is 6.51. The molecule has 1 atom stereocenters. The van der Waals surface area contributed by atoms with Crippen LogP contribution >= 0.6 is 0 Å². The number of anilines is 1. The Hall–Kier alpha value is -3.93. The molecule has 0 bridgehead atoms. The highest BCUT2D eigenvalue weighted by Crippen LogP contribution is 2.43. The Morgan fingerprint density at radius 1 is 0.967 bits per heavy atom. The van der Waals surface area contributed by atoms with Crippen LogP contribution in [0.4, 0.5) is 10.1 Å².